The van der Waals surface area contributed by atoms with Crippen LogP contribution in [0.4, 0.5) is 8.78 Å². The zero-order valence-corrected chi connectivity index (χ0v) is 15.8. The van der Waals surface area contributed by atoms with Gasteiger partial charge in [-0.05, 0) is 36.6 Å². The van der Waals surface area contributed by atoms with Crippen LogP contribution < -0.4 is 10.2 Å². The van der Waals surface area contributed by atoms with Crippen molar-refractivity contribution in [1.29, 1.82) is 0 Å². The van der Waals surface area contributed by atoms with Gasteiger partial charge in [-0.2, -0.15) is 0 Å². The molecule has 0 spiro atoms. The van der Waals surface area contributed by atoms with Crippen molar-refractivity contribution in [2.75, 3.05) is 7.11 Å². The van der Waals surface area contributed by atoms with E-state index >= 15 is 4.39 Å². The van der Waals surface area contributed by atoms with Crippen molar-refractivity contribution in [2.45, 2.75) is 39.7 Å². The summed E-state index contributed by atoms with van der Waals surface area (Å²) in [5.74, 6) is -0.833. The molecule has 0 fully saturated rings. The Kier molecular flexibility index (Phi) is 5.59. The van der Waals surface area contributed by atoms with Gasteiger partial charge in [-0.1, -0.05) is 32.4 Å². The first-order valence-corrected chi connectivity index (χ1v) is 9.20. The summed E-state index contributed by atoms with van der Waals surface area (Å²) in [7, 11) is 1.53. The molecule has 0 saturated heterocycles. The van der Waals surface area contributed by atoms with Gasteiger partial charge in [0.25, 0.3) is 0 Å². The molecule has 0 atom stereocenters. The predicted molar refractivity (Wildman–Crippen MR) is 104 cm³/mol. The van der Waals surface area contributed by atoms with E-state index in [9.17, 15) is 9.18 Å². The van der Waals surface area contributed by atoms with Gasteiger partial charge in [-0.3, -0.25) is 4.79 Å². The van der Waals surface area contributed by atoms with E-state index in [4.69, 9.17) is 4.74 Å². The maximum atomic E-state index is 15.6. The summed E-state index contributed by atoms with van der Waals surface area (Å²) in [6.45, 7) is 4.56. The highest BCUT2D eigenvalue weighted by molar-refractivity contribution is 5.86. The number of methoxy groups -OCH3 is 1. The van der Waals surface area contributed by atoms with Crippen LogP contribution in [0.25, 0.3) is 22.0 Å². The minimum atomic E-state index is -0.742. The van der Waals surface area contributed by atoms with Gasteiger partial charge in [-0.25, -0.2) is 8.78 Å². The van der Waals surface area contributed by atoms with E-state index in [1.54, 1.807) is 24.3 Å². The number of unbranched alkanes of at least 4 members (excludes halogenated alkanes) is 1. The smallest absolute Gasteiger partial charge is 0.189 e. The van der Waals surface area contributed by atoms with Crippen LogP contribution in [0.1, 0.15) is 32.4 Å². The predicted octanol–water partition coefficient (Wildman–Crippen LogP) is 5.32. The topological polar surface area (TPSA) is 31.2 Å². The van der Waals surface area contributed by atoms with E-state index < -0.39 is 11.6 Å². The SMILES string of the molecule is CCCCn1c(CC)cc(=O)c2cc(F)c(-c3ccc(OC)cc3)c(F)c21. The Balaban J connectivity index is 2.34. The third kappa shape index (κ3) is 3.46. The second kappa shape index (κ2) is 7.91. The highest BCUT2D eigenvalue weighted by Crippen LogP contribution is 2.32. The van der Waals surface area contributed by atoms with Crippen molar-refractivity contribution in [1.82, 2.24) is 4.57 Å². The molecular formula is C22H23F2NO2. The average Bonchev–Trinajstić information content (AvgIpc) is 2.68. The van der Waals surface area contributed by atoms with E-state index in [0.29, 0.717) is 24.3 Å². The molecule has 142 valence electrons. The summed E-state index contributed by atoms with van der Waals surface area (Å²) in [4.78, 5) is 12.5. The van der Waals surface area contributed by atoms with Crippen LogP contribution in [0, 0.1) is 11.6 Å². The first-order valence-electron chi connectivity index (χ1n) is 9.20. The number of benzene rings is 2. The number of ether oxygens (including phenoxy) is 1. The minimum Gasteiger partial charge on any atom is -0.497 e. The van der Waals surface area contributed by atoms with Gasteiger partial charge in [0, 0.05) is 18.3 Å². The van der Waals surface area contributed by atoms with Gasteiger partial charge in [0.1, 0.15) is 11.6 Å². The second-order valence-corrected chi connectivity index (χ2v) is 6.53. The Labute approximate surface area is 157 Å². The molecule has 2 aromatic carbocycles. The number of halogens is 2. The molecule has 0 bridgehead atoms. The first kappa shape index (κ1) is 19.1. The Bertz CT molecular complexity index is 1020. The zero-order valence-electron chi connectivity index (χ0n) is 15.8. The highest BCUT2D eigenvalue weighted by Gasteiger charge is 2.20. The Morgan fingerprint density at radius 3 is 2.37 bits per heavy atom. The van der Waals surface area contributed by atoms with Gasteiger partial charge >= 0.3 is 0 Å². The van der Waals surface area contributed by atoms with Crippen molar-refractivity contribution >= 4 is 10.9 Å². The van der Waals surface area contributed by atoms with Gasteiger partial charge < -0.3 is 9.30 Å². The molecule has 1 aromatic heterocycles. The molecule has 0 aliphatic carbocycles. The number of hydrogen-bond acceptors (Lipinski definition) is 2. The van der Waals surface area contributed by atoms with Crippen LogP contribution in [0.3, 0.4) is 0 Å². The quantitative estimate of drug-likeness (QED) is 0.587. The fourth-order valence-corrected chi connectivity index (χ4v) is 3.40. The molecule has 0 amide bonds. The van der Waals surface area contributed by atoms with Crippen LogP contribution in [-0.4, -0.2) is 11.7 Å². The number of aromatic nitrogens is 1. The lowest BCUT2D eigenvalue weighted by atomic mass is 10.0. The summed E-state index contributed by atoms with van der Waals surface area (Å²) in [5, 5.41) is 0.0792. The molecule has 0 aliphatic rings. The summed E-state index contributed by atoms with van der Waals surface area (Å²) in [5.41, 5.74) is 0.869. The maximum Gasteiger partial charge on any atom is 0.189 e. The summed E-state index contributed by atoms with van der Waals surface area (Å²) in [6, 6.07) is 9.19. The summed E-state index contributed by atoms with van der Waals surface area (Å²) >= 11 is 0. The van der Waals surface area contributed by atoms with E-state index in [0.717, 1.165) is 24.6 Å². The van der Waals surface area contributed by atoms with Crippen molar-refractivity contribution < 1.29 is 13.5 Å². The van der Waals surface area contributed by atoms with Crippen LogP contribution in [0.5, 0.6) is 5.75 Å². The Morgan fingerprint density at radius 1 is 1.07 bits per heavy atom. The first-order chi connectivity index (χ1) is 13.0. The standard InChI is InChI=1S/C22H23F2NO2/c1-4-6-11-25-15(5-2)12-19(26)17-13-18(23)20(21(24)22(17)25)14-7-9-16(27-3)10-8-14/h7-10,12-13H,4-6,11H2,1-3H3. The number of aryl methyl sites for hydroxylation is 2. The molecular weight excluding hydrogens is 348 g/mol. The lowest BCUT2D eigenvalue weighted by Gasteiger charge is -2.18. The highest BCUT2D eigenvalue weighted by atomic mass is 19.1. The zero-order chi connectivity index (χ0) is 19.6. The molecule has 3 rings (SSSR count). The third-order valence-electron chi connectivity index (χ3n) is 4.85. The third-order valence-corrected chi connectivity index (χ3v) is 4.85. The molecule has 0 radical (unpaired) electrons. The minimum absolute atomic E-state index is 0.0792. The lowest BCUT2D eigenvalue weighted by molar-refractivity contribution is 0.415. The Hall–Kier alpha value is -2.69. The second-order valence-electron chi connectivity index (χ2n) is 6.53. The molecule has 0 N–H and O–H groups in total. The number of fused-ring (bicyclic) bond motifs is 1. The van der Waals surface area contributed by atoms with E-state index in [1.807, 2.05) is 11.5 Å². The number of hydrogen-bond donors (Lipinski definition) is 0. The van der Waals surface area contributed by atoms with Gasteiger partial charge in [0.05, 0.1) is 23.6 Å². The monoisotopic (exact) mass is 371 g/mol. The maximum absolute atomic E-state index is 15.6. The van der Waals surface area contributed by atoms with Gasteiger partial charge in [0.15, 0.2) is 11.2 Å². The van der Waals surface area contributed by atoms with Crippen molar-refractivity contribution in [3.8, 4) is 16.9 Å². The van der Waals surface area contributed by atoms with Crippen LogP contribution in [-0.2, 0) is 13.0 Å². The molecule has 0 aliphatic heterocycles. The van der Waals surface area contributed by atoms with Crippen molar-refractivity contribution in [3.63, 3.8) is 0 Å². The molecule has 1 heterocycles. The van der Waals surface area contributed by atoms with Gasteiger partial charge in [0.2, 0.25) is 0 Å². The number of rotatable bonds is 6. The molecule has 0 unspecified atom stereocenters. The molecule has 3 nitrogen and oxygen atoms in total. The lowest BCUT2D eigenvalue weighted by Crippen LogP contribution is -2.16. The van der Waals surface area contributed by atoms with E-state index in [1.165, 1.54) is 13.2 Å². The molecule has 3 aromatic rings. The van der Waals surface area contributed by atoms with Crippen LogP contribution in [0.15, 0.2) is 41.2 Å². The summed E-state index contributed by atoms with van der Waals surface area (Å²) < 4.78 is 37.3. The van der Waals surface area contributed by atoms with Gasteiger partial charge in [-0.15, -0.1) is 0 Å². The van der Waals surface area contributed by atoms with Crippen LogP contribution >= 0.6 is 0 Å². The van der Waals surface area contributed by atoms with E-state index in [-0.39, 0.29) is 21.9 Å². The Morgan fingerprint density at radius 2 is 1.78 bits per heavy atom. The summed E-state index contributed by atoms with van der Waals surface area (Å²) in [6.07, 6.45) is 2.38. The number of nitrogens with zero attached hydrogens (tertiary/aromatic N) is 1. The van der Waals surface area contributed by atoms with Crippen LogP contribution in [0.2, 0.25) is 0 Å². The van der Waals surface area contributed by atoms with Crippen molar-refractivity contribution in [3.05, 3.63) is 63.9 Å². The number of pyridine rings is 1. The fraction of sp³-hybridized carbons (Fsp3) is 0.318. The van der Waals surface area contributed by atoms with E-state index in [2.05, 4.69) is 6.92 Å². The molecule has 0 saturated carbocycles. The molecule has 27 heavy (non-hydrogen) atoms. The largest absolute Gasteiger partial charge is 0.497 e. The normalized spacial score (nSPS) is 11.1. The average molecular weight is 371 g/mol. The molecule has 5 heteroatoms. The van der Waals surface area contributed by atoms with Crippen molar-refractivity contribution in [2.24, 2.45) is 0 Å². The fourth-order valence-electron chi connectivity index (χ4n) is 3.40.